The van der Waals surface area contributed by atoms with Crippen LogP contribution in [0.15, 0.2) is 65.6 Å². The molecule has 0 fully saturated rings. The second-order valence-corrected chi connectivity index (χ2v) is 7.70. The first kappa shape index (κ1) is 15.5. The molecule has 0 bridgehead atoms. The molecule has 1 aromatic heterocycles. The van der Waals surface area contributed by atoms with Crippen LogP contribution >= 0.6 is 23.1 Å². The standard InChI is InChI=1S/C20H17NOS2/c1-2-21(15-8-4-3-5-9-15)20(22)18-12-14-13-23-17-11-7-6-10-16(17)19(14)24-18/h3-12H,2,13H2,1H3. The van der Waals surface area contributed by atoms with Crippen molar-refractivity contribution in [3.63, 3.8) is 0 Å². The minimum Gasteiger partial charge on any atom is -0.308 e. The third-order valence-electron chi connectivity index (χ3n) is 4.16. The summed E-state index contributed by atoms with van der Waals surface area (Å²) in [6, 6.07) is 20.4. The summed E-state index contributed by atoms with van der Waals surface area (Å²) in [5.74, 6) is 1.03. The molecule has 1 aliphatic rings. The van der Waals surface area contributed by atoms with Gasteiger partial charge < -0.3 is 4.90 Å². The zero-order chi connectivity index (χ0) is 16.5. The second-order valence-electron chi connectivity index (χ2n) is 5.63. The minimum absolute atomic E-state index is 0.0885. The van der Waals surface area contributed by atoms with Crippen molar-refractivity contribution in [2.75, 3.05) is 11.4 Å². The van der Waals surface area contributed by atoms with E-state index in [0.29, 0.717) is 6.54 Å². The molecule has 0 aliphatic carbocycles. The van der Waals surface area contributed by atoms with Crippen molar-refractivity contribution in [1.82, 2.24) is 0 Å². The van der Waals surface area contributed by atoms with Crippen molar-refractivity contribution in [1.29, 1.82) is 0 Å². The van der Waals surface area contributed by atoms with Gasteiger partial charge >= 0.3 is 0 Å². The summed E-state index contributed by atoms with van der Waals surface area (Å²) >= 11 is 3.47. The van der Waals surface area contributed by atoms with Crippen LogP contribution in [0.2, 0.25) is 0 Å². The van der Waals surface area contributed by atoms with Gasteiger partial charge in [0.05, 0.1) is 4.88 Å². The number of para-hydroxylation sites is 1. The van der Waals surface area contributed by atoms with Crippen LogP contribution in [-0.4, -0.2) is 12.5 Å². The molecule has 2 nitrogen and oxygen atoms in total. The molecule has 3 aromatic rings. The number of thioether (sulfide) groups is 1. The third-order valence-corrected chi connectivity index (χ3v) is 6.48. The molecule has 1 amide bonds. The summed E-state index contributed by atoms with van der Waals surface area (Å²) in [6.07, 6.45) is 0. The van der Waals surface area contributed by atoms with Gasteiger partial charge in [-0.05, 0) is 36.8 Å². The molecule has 0 saturated heterocycles. The first-order valence-electron chi connectivity index (χ1n) is 7.99. The highest BCUT2D eigenvalue weighted by Crippen LogP contribution is 2.45. The Morgan fingerprint density at radius 1 is 1.08 bits per heavy atom. The lowest BCUT2D eigenvalue weighted by Gasteiger charge is -2.20. The third kappa shape index (κ3) is 2.66. The molecule has 1 aliphatic heterocycles. The zero-order valence-corrected chi connectivity index (χ0v) is 15.0. The summed E-state index contributed by atoms with van der Waals surface area (Å²) < 4.78 is 0. The van der Waals surface area contributed by atoms with Crippen LogP contribution in [0.3, 0.4) is 0 Å². The van der Waals surface area contributed by atoms with Crippen molar-refractivity contribution in [3.8, 4) is 10.4 Å². The highest BCUT2D eigenvalue weighted by atomic mass is 32.2. The smallest absolute Gasteiger partial charge is 0.268 e. The molecule has 0 radical (unpaired) electrons. The van der Waals surface area contributed by atoms with Crippen molar-refractivity contribution < 1.29 is 4.79 Å². The number of thiophene rings is 1. The molecule has 0 N–H and O–H groups in total. The molecule has 120 valence electrons. The first-order chi connectivity index (χ1) is 11.8. The van der Waals surface area contributed by atoms with Gasteiger partial charge in [0.25, 0.3) is 5.91 Å². The van der Waals surface area contributed by atoms with Crippen LogP contribution in [0.25, 0.3) is 10.4 Å². The summed E-state index contributed by atoms with van der Waals surface area (Å²) in [6.45, 7) is 2.68. The SMILES string of the molecule is CCN(C(=O)c1cc2c(s1)-c1ccccc1SC2)c1ccccc1. The number of amides is 1. The average Bonchev–Trinajstić information content (AvgIpc) is 3.08. The highest BCUT2D eigenvalue weighted by molar-refractivity contribution is 7.98. The van der Waals surface area contributed by atoms with Gasteiger partial charge in [-0.2, -0.15) is 0 Å². The van der Waals surface area contributed by atoms with E-state index in [1.54, 1.807) is 11.3 Å². The Hall–Kier alpha value is -2.04. The first-order valence-corrected chi connectivity index (χ1v) is 9.80. The average molecular weight is 351 g/mol. The molecule has 4 heteroatoms. The van der Waals surface area contributed by atoms with Crippen LogP contribution in [-0.2, 0) is 5.75 Å². The van der Waals surface area contributed by atoms with E-state index in [9.17, 15) is 4.79 Å². The summed E-state index contributed by atoms with van der Waals surface area (Å²) in [5, 5.41) is 0. The van der Waals surface area contributed by atoms with E-state index in [0.717, 1.165) is 16.3 Å². The number of nitrogens with zero attached hydrogens (tertiary/aromatic N) is 1. The van der Waals surface area contributed by atoms with Crippen molar-refractivity contribution in [2.24, 2.45) is 0 Å². The van der Waals surface area contributed by atoms with Crippen molar-refractivity contribution in [2.45, 2.75) is 17.6 Å². The fraction of sp³-hybridized carbons (Fsp3) is 0.150. The van der Waals surface area contributed by atoms with E-state index in [1.165, 1.54) is 20.9 Å². The highest BCUT2D eigenvalue weighted by Gasteiger charge is 2.24. The molecule has 2 heterocycles. The summed E-state index contributed by atoms with van der Waals surface area (Å²) in [5.41, 5.74) is 3.48. The van der Waals surface area contributed by atoms with Gasteiger partial charge in [-0.1, -0.05) is 36.4 Å². The van der Waals surface area contributed by atoms with Gasteiger partial charge in [0.1, 0.15) is 0 Å². The molecule has 0 spiro atoms. The predicted octanol–water partition coefficient (Wildman–Crippen LogP) is 5.69. The van der Waals surface area contributed by atoms with Gasteiger partial charge in [-0.15, -0.1) is 23.1 Å². The van der Waals surface area contributed by atoms with E-state index in [1.807, 2.05) is 53.9 Å². The zero-order valence-electron chi connectivity index (χ0n) is 13.4. The number of hydrogen-bond acceptors (Lipinski definition) is 3. The Bertz CT molecular complexity index is 886. The number of carbonyl (C=O) groups excluding carboxylic acids is 1. The predicted molar refractivity (Wildman–Crippen MR) is 103 cm³/mol. The second kappa shape index (κ2) is 6.46. The summed E-state index contributed by atoms with van der Waals surface area (Å²) in [7, 11) is 0. The van der Waals surface area contributed by atoms with Gasteiger partial charge in [0, 0.05) is 33.3 Å². The van der Waals surface area contributed by atoms with Gasteiger partial charge in [0.2, 0.25) is 0 Å². The number of benzene rings is 2. The lowest BCUT2D eigenvalue weighted by Crippen LogP contribution is -2.29. The fourth-order valence-electron chi connectivity index (χ4n) is 2.99. The van der Waals surface area contributed by atoms with Crippen molar-refractivity contribution >= 4 is 34.7 Å². The lowest BCUT2D eigenvalue weighted by atomic mass is 10.1. The maximum atomic E-state index is 13.0. The number of fused-ring (bicyclic) bond motifs is 3. The molecule has 0 atom stereocenters. The Morgan fingerprint density at radius 3 is 2.62 bits per heavy atom. The Kier molecular flexibility index (Phi) is 4.17. The number of anilines is 1. The fourth-order valence-corrected chi connectivity index (χ4v) is 5.35. The van der Waals surface area contributed by atoms with Crippen LogP contribution in [0.1, 0.15) is 22.2 Å². The van der Waals surface area contributed by atoms with E-state index >= 15 is 0 Å². The topological polar surface area (TPSA) is 20.3 Å². The van der Waals surface area contributed by atoms with Gasteiger partial charge in [-0.3, -0.25) is 4.79 Å². The van der Waals surface area contributed by atoms with Crippen LogP contribution in [0.5, 0.6) is 0 Å². The number of rotatable bonds is 3. The maximum Gasteiger partial charge on any atom is 0.268 e. The molecular formula is C20H17NOS2. The molecule has 4 rings (SSSR count). The Balaban J connectivity index is 1.71. The van der Waals surface area contributed by atoms with Crippen LogP contribution in [0, 0.1) is 0 Å². The normalized spacial score (nSPS) is 12.4. The molecule has 2 aromatic carbocycles. The van der Waals surface area contributed by atoms with Gasteiger partial charge in [-0.25, -0.2) is 0 Å². The largest absolute Gasteiger partial charge is 0.308 e. The van der Waals surface area contributed by atoms with E-state index in [2.05, 4.69) is 30.3 Å². The molecule has 24 heavy (non-hydrogen) atoms. The Morgan fingerprint density at radius 2 is 1.83 bits per heavy atom. The lowest BCUT2D eigenvalue weighted by molar-refractivity contribution is 0.0992. The molecule has 0 saturated carbocycles. The van der Waals surface area contributed by atoms with E-state index < -0.39 is 0 Å². The molecule has 0 unspecified atom stereocenters. The maximum absolute atomic E-state index is 13.0. The van der Waals surface area contributed by atoms with Gasteiger partial charge in [0.15, 0.2) is 0 Å². The number of carbonyl (C=O) groups is 1. The number of hydrogen-bond donors (Lipinski definition) is 0. The molecular weight excluding hydrogens is 334 g/mol. The summed E-state index contributed by atoms with van der Waals surface area (Å²) in [4.78, 5) is 18.3. The van der Waals surface area contributed by atoms with Crippen LogP contribution < -0.4 is 4.90 Å². The minimum atomic E-state index is 0.0885. The van der Waals surface area contributed by atoms with E-state index in [4.69, 9.17) is 0 Å². The Labute approximate surface area is 150 Å². The monoisotopic (exact) mass is 351 g/mol. The quantitative estimate of drug-likeness (QED) is 0.604. The van der Waals surface area contributed by atoms with Crippen molar-refractivity contribution in [3.05, 3.63) is 71.1 Å². The van der Waals surface area contributed by atoms with Crippen LogP contribution in [0.4, 0.5) is 5.69 Å². The van der Waals surface area contributed by atoms with E-state index in [-0.39, 0.29) is 5.91 Å².